The van der Waals surface area contributed by atoms with E-state index in [1.54, 1.807) is 0 Å². The molecule has 0 spiro atoms. The Bertz CT molecular complexity index is 473. The molecule has 1 aromatic carbocycles. The molecule has 0 fully saturated rings. The fourth-order valence-electron chi connectivity index (χ4n) is 1.36. The number of halogens is 1. The lowest BCUT2D eigenvalue weighted by Crippen LogP contribution is -2.29. The number of esters is 1. The maximum absolute atomic E-state index is 13.7. The number of hydrogen-bond donors (Lipinski definition) is 3. The Balaban J connectivity index is 3.14. The molecular formula is C11H11FO6. The van der Waals surface area contributed by atoms with E-state index in [2.05, 4.69) is 4.74 Å². The van der Waals surface area contributed by atoms with E-state index in [4.69, 9.17) is 5.11 Å². The summed E-state index contributed by atoms with van der Waals surface area (Å²) in [6, 6.07) is 3.26. The van der Waals surface area contributed by atoms with E-state index in [0.717, 1.165) is 19.2 Å². The molecule has 0 aromatic heterocycles. The van der Waals surface area contributed by atoms with Gasteiger partial charge in [0.25, 0.3) is 0 Å². The summed E-state index contributed by atoms with van der Waals surface area (Å²) >= 11 is 0. The quantitative estimate of drug-likeness (QED) is 0.661. The van der Waals surface area contributed by atoms with E-state index < -0.39 is 41.1 Å². The predicted molar refractivity (Wildman–Crippen MR) is 56.3 cm³/mol. The van der Waals surface area contributed by atoms with Crippen molar-refractivity contribution in [3.63, 3.8) is 0 Å². The van der Waals surface area contributed by atoms with E-state index in [-0.39, 0.29) is 0 Å². The average Bonchev–Trinajstić information content (AvgIpc) is 2.36. The van der Waals surface area contributed by atoms with Crippen LogP contribution in [0.1, 0.15) is 22.0 Å². The molecule has 0 bridgehead atoms. The van der Waals surface area contributed by atoms with Gasteiger partial charge in [0.05, 0.1) is 12.7 Å². The van der Waals surface area contributed by atoms with Crippen molar-refractivity contribution in [1.82, 2.24) is 0 Å². The largest absolute Gasteiger partial charge is 0.478 e. The zero-order chi connectivity index (χ0) is 13.9. The van der Waals surface area contributed by atoms with Crippen molar-refractivity contribution in [3.05, 3.63) is 35.1 Å². The van der Waals surface area contributed by atoms with Gasteiger partial charge in [-0.1, -0.05) is 12.1 Å². The lowest BCUT2D eigenvalue weighted by molar-refractivity contribution is -0.156. The highest BCUT2D eigenvalue weighted by atomic mass is 19.1. The molecule has 2 atom stereocenters. The molecule has 0 aliphatic carbocycles. The molecule has 0 amide bonds. The number of rotatable bonds is 4. The maximum Gasteiger partial charge on any atom is 0.338 e. The smallest absolute Gasteiger partial charge is 0.338 e. The van der Waals surface area contributed by atoms with Crippen LogP contribution in [0.2, 0.25) is 0 Å². The topological polar surface area (TPSA) is 104 Å². The molecule has 3 N–H and O–H groups in total. The summed E-state index contributed by atoms with van der Waals surface area (Å²) in [5, 5.41) is 27.6. The van der Waals surface area contributed by atoms with Crippen molar-refractivity contribution in [2.24, 2.45) is 0 Å². The maximum atomic E-state index is 13.7. The Kier molecular flexibility index (Phi) is 4.35. The summed E-state index contributed by atoms with van der Waals surface area (Å²) in [5.41, 5.74) is -1.16. The lowest BCUT2D eigenvalue weighted by atomic mass is 10.0. The third kappa shape index (κ3) is 2.63. The van der Waals surface area contributed by atoms with Crippen LogP contribution in [-0.2, 0) is 9.53 Å². The SMILES string of the molecule is COC(=O)C(O)C(O)c1cccc(C(=O)O)c1F. The normalized spacial score (nSPS) is 13.8. The van der Waals surface area contributed by atoms with Gasteiger partial charge in [-0.3, -0.25) is 0 Å². The number of hydrogen-bond acceptors (Lipinski definition) is 5. The van der Waals surface area contributed by atoms with Gasteiger partial charge >= 0.3 is 11.9 Å². The number of aliphatic hydroxyl groups is 2. The van der Waals surface area contributed by atoms with Crippen LogP contribution in [-0.4, -0.2) is 40.5 Å². The lowest BCUT2D eigenvalue weighted by Gasteiger charge is -2.17. The second-order valence-electron chi connectivity index (χ2n) is 3.43. The summed E-state index contributed by atoms with van der Waals surface area (Å²) in [4.78, 5) is 21.7. The summed E-state index contributed by atoms with van der Waals surface area (Å²) < 4.78 is 17.9. The molecule has 0 heterocycles. The van der Waals surface area contributed by atoms with Gasteiger partial charge in [0.15, 0.2) is 6.10 Å². The molecule has 2 unspecified atom stereocenters. The van der Waals surface area contributed by atoms with Gasteiger partial charge < -0.3 is 20.1 Å². The van der Waals surface area contributed by atoms with E-state index >= 15 is 0 Å². The predicted octanol–water partition coefficient (Wildman–Crippen LogP) is 0.0912. The monoisotopic (exact) mass is 258 g/mol. The highest BCUT2D eigenvalue weighted by Crippen LogP contribution is 2.23. The fraction of sp³-hybridized carbons (Fsp3) is 0.273. The highest BCUT2D eigenvalue weighted by Gasteiger charge is 2.30. The fourth-order valence-corrected chi connectivity index (χ4v) is 1.36. The van der Waals surface area contributed by atoms with Crippen LogP contribution < -0.4 is 0 Å². The molecule has 1 rings (SSSR count). The van der Waals surface area contributed by atoms with Crippen LogP contribution in [0, 0.1) is 5.82 Å². The van der Waals surface area contributed by atoms with Crippen LogP contribution in [0.4, 0.5) is 4.39 Å². The van der Waals surface area contributed by atoms with Crippen molar-refractivity contribution in [3.8, 4) is 0 Å². The van der Waals surface area contributed by atoms with Crippen LogP contribution >= 0.6 is 0 Å². The number of carboxylic acids is 1. The highest BCUT2D eigenvalue weighted by molar-refractivity contribution is 5.88. The number of methoxy groups -OCH3 is 1. The minimum absolute atomic E-state index is 0.493. The molecule has 0 aliphatic rings. The van der Waals surface area contributed by atoms with Crippen LogP contribution in [0.3, 0.4) is 0 Å². The third-order valence-corrected chi connectivity index (χ3v) is 2.32. The number of aliphatic hydroxyl groups excluding tert-OH is 2. The minimum Gasteiger partial charge on any atom is -0.478 e. The van der Waals surface area contributed by atoms with Crippen molar-refractivity contribution in [1.29, 1.82) is 0 Å². The van der Waals surface area contributed by atoms with E-state index in [9.17, 15) is 24.2 Å². The molecule has 18 heavy (non-hydrogen) atoms. The Morgan fingerprint density at radius 3 is 2.44 bits per heavy atom. The second kappa shape index (κ2) is 5.56. The Hall–Kier alpha value is -1.99. The van der Waals surface area contributed by atoms with Crippen LogP contribution in [0.15, 0.2) is 18.2 Å². The Labute approximate surface area is 101 Å². The van der Waals surface area contributed by atoms with Gasteiger partial charge in [-0.05, 0) is 6.07 Å². The van der Waals surface area contributed by atoms with Crippen molar-refractivity contribution < 1.29 is 34.0 Å². The molecule has 0 saturated heterocycles. The third-order valence-electron chi connectivity index (χ3n) is 2.32. The summed E-state index contributed by atoms with van der Waals surface area (Å²) in [6.07, 6.45) is -3.90. The summed E-state index contributed by atoms with van der Waals surface area (Å²) in [7, 11) is 0.988. The molecular weight excluding hydrogens is 247 g/mol. The van der Waals surface area contributed by atoms with Crippen molar-refractivity contribution in [2.45, 2.75) is 12.2 Å². The first kappa shape index (κ1) is 14.1. The van der Waals surface area contributed by atoms with Gasteiger partial charge in [-0.25, -0.2) is 14.0 Å². The second-order valence-corrected chi connectivity index (χ2v) is 3.43. The van der Waals surface area contributed by atoms with E-state index in [1.807, 2.05) is 0 Å². The van der Waals surface area contributed by atoms with Gasteiger partial charge in [0.1, 0.15) is 11.9 Å². The minimum atomic E-state index is -1.99. The number of carbonyl (C=O) groups excluding carboxylic acids is 1. The van der Waals surface area contributed by atoms with Crippen molar-refractivity contribution in [2.75, 3.05) is 7.11 Å². The molecule has 0 radical (unpaired) electrons. The first-order valence-corrected chi connectivity index (χ1v) is 4.85. The van der Waals surface area contributed by atoms with Gasteiger partial charge in [-0.2, -0.15) is 0 Å². The molecule has 98 valence electrons. The van der Waals surface area contributed by atoms with E-state index in [0.29, 0.717) is 0 Å². The number of carboxylic acid groups (broad SMARTS) is 1. The van der Waals surface area contributed by atoms with Crippen LogP contribution in [0.25, 0.3) is 0 Å². The molecule has 0 saturated carbocycles. The Morgan fingerprint density at radius 1 is 1.33 bits per heavy atom. The zero-order valence-electron chi connectivity index (χ0n) is 9.33. The van der Waals surface area contributed by atoms with Crippen LogP contribution in [0.5, 0.6) is 0 Å². The molecule has 1 aromatic rings. The zero-order valence-corrected chi connectivity index (χ0v) is 9.33. The first-order valence-electron chi connectivity index (χ1n) is 4.85. The van der Waals surface area contributed by atoms with Crippen molar-refractivity contribution >= 4 is 11.9 Å². The molecule has 7 heteroatoms. The number of aromatic carboxylic acids is 1. The average molecular weight is 258 g/mol. The van der Waals surface area contributed by atoms with Gasteiger partial charge in [0.2, 0.25) is 0 Å². The summed E-state index contributed by atoms with van der Waals surface area (Å²) in [6.45, 7) is 0. The van der Waals surface area contributed by atoms with Gasteiger partial charge in [-0.15, -0.1) is 0 Å². The van der Waals surface area contributed by atoms with E-state index in [1.165, 1.54) is 6.07 Å². The standard InChI is InChI=1S/C11H11FO6/c1-18-11(17)9(14)8(13)5-3-2-4-6(7(5)12)10(15)16/h2-4,8-9,13-14H,1H3,(H,15,16). The molecule has 0 aliphatic heterocycles. The number of ether oxygens (including phenoxy) is 1. The molecule has 6 nitrogen and oxygen atoms in total. The number of benzene rings is 1. The Morgan fingerprint density at radius 2 is 1.94 bits per heavy atom. The van der Waals surface area contributed by atoms with Gasteiger partial charge in [0, 0.05) is 5.56 Å². The first-order chi connectivity index (χ1) is 8.40. The summed E-state index contributed by atoms with van der Waals surface area (Å²) in [5.74, 6) is -3.88. The number of carbonyl (C=O) groups is 2.